The van der Waals surface area contributed by atoms with Gasteiger partial charge in [-0.2, -0.15) is 0 Å². The molecule has 3 nitrogen and oxygen atoms in total. The molecular weight excluding hydrogens is 270 g/mol. The van der Waals surface area contributed by atoms with Gasteiger partial charge in [0.1, 0.15) is 0 Å². The van der Waals surface area contributed by atoms with Crippen LogP contribution in [0.3, 0.4) is 0 Å². The zero-order valence-corrected chi connectivity index (χ0v) is 12.1. The minimum Gasteiger partial charge on any atom is -0.299 e. The van der Waals surface area contributed by atoms with Crippen molar-refractivity contribution >= 4 is 19.7 Å². The molecule has 1 aliphatic heterocycles. The van der Waals surface area contributed by atoms with Crippen LogP contribution in [-0.2, 0) is 15.6 Å². The number of aryl methyl sites for hydroxylation is 1. The third-order valence-electron chi connectivity index (χ3n) is 3.36. The quantitative estimate of drug-likeness (QED) is 0.802. The number of nitrogens with zero attached hydrogens (tertiary/aromatic N) is 1. The topological polar surface area (TPSA) is 37.4 Å². The molecule has 0 amide bonds. The summed E-state index contributed by atoms with van der Waals surface area (Å²) in [7, 11) is 1.75. The SMILES string of the molecule is Cc1cc(CN2CCCCC2)ccc1S(=O)(=O)Cl. The second-order valence-electron chi connectivity index (χ2n) is 4.87. The smallest absolute Gasteiger partial charge is 0.261 e. The van der Waals surface area contributed by atoms with Crippen molar-refractivity contribution in [2.24, 2.45) is 0 Å². The lowest BCUT2D eigenvalue weighted by Gasteiger charge is -2.26. The van der Waals surface area contributed by atoms with Gasteiger partial charge in [0.2, 0.25) is 0 Å². The number of piperidine rings is 1. The number of rotatable bonds is 3. The summed E-state index contributed by atoms with van der Waals surface area (Å²) in [6.07, 6.45) is 3.83. The van der Waals surface area contributed by atoms with Crippen LogP contribution in [0.2, 0.25) is 0 Å². The minimum absolute atomic E-state index is 0.214. The Morgan fingerprint density at radius 3 is 2.44 bits per heavy atom. The average Bonchev–Trinajstić information content (AvgIpc) is 2.28. The largest absolute Gasteiger partial charge is 0.299 e. The van der Waals surface area contributed by atoms with Crippen LogP contribution in [0.15, 0.2) is 23.1 Å². The van der Waals surface area contributed by atoms with Crippen molar-refractivity contribution in [3.8, 4) is 0 Å². The maximum absolute atomic E-state index is 11.3. The van der Waals surface area contributed by atoms with E-state index in [0.29, 0.717) is 0 Å². The Bertz CT molecular complexity index is 522. The van der Waals surface area contributed by atoms with E-state index in [1.165, 1.54) is 19.3 Å². The van der Waals surface area contributed by atoms with Gasteiger partial charge in [-0.15, -0.1) is 0 Å². The molecule has 0 saturated carbocycles. The summed E-state index contributed by atoms with van der Waals surface area (Å²) in [6, 6.07) is 5.39. The monoisotopic (exact) mass is 287 g/mol. The molecule has 1 aliphatic rings. The summed E-state index contributed by atoms with van der Waals surface area (Å²) in [6.45, 7) is 4.95. The van der Waals surface area contributed by atoms with Crippen molar-refractivity contribution in [2.75, 3.05) is 13.1 Å². The molecule has 0 bridgehead atoms. The van der Waals surface area contributed by atoms with Gasteiger partial charge >= 0.3 is 0 Å². The molecule has 0 aromatic heterocycles. The van der Waals surface area contributed by atoms with Crippen LogP contribution >= 0.6 is 10.7 Å². The Balaban J connectivity index is 2.13. The van der Waals surface area contributed by atoms with E-state index in [1.807, 2.05) is 12.1 Å². The number of benzene rings is 1. The van der Waals surface area contributed by atoms with Gasteiger partial charge in [-0.3, -0.25) is 4.90 Å². The van der Waals surface area contributed by atoms with Crippen molar-refractivity contribution in [3.05, 3.63) is 29.3 Å². The molecule has 0 aliphatic carbocycles. The van der Waals surface area contributed by atoms with Crippen LogP contribution in [0.4, 0.5) is 0 Å². The molecule has 0 unspecified atom stereocenters. The third-order valence-corrected chi connectivity index (χ3v) is 4.84. The van der Waals surface area contributed by atoms with Crippen LogP contribution in [0, 0.1) is 6.92 Å². The van der Waals surface area contributed by atoms with Crippen LogP contribution in [-0.4, -0.2) is 26.4 Å². The van der Waals surface area contributed by atoms with Gasteiger partial charge in [0.05, 0.1) is 4.90 Å². The Morgan fingerprint density at radius 1 is 1.22 bits per heavy atom. The highest BCUT2D eigenvalue weighted by atomic mass is 35.7. The maximum atomic E-state index is 11.3. The molecule has 1 saturated heterocycles. The first kappa shape index (κ1) is 13.8. The van der Waals surface area contributed by atoms with Gasteiger partial charge in [-0.25, -0.2) is 8.42 Å². The highest BCUT2D eigenvalue weighted by Crippen LogP contribution is 2.22. The summed E-state index contributed by atoms with van der Waals surface area (Å²) in [5.74, 6) is 0. The first-order valence-electron chi connectivity index (χ1n) is 6.23. The summed E-state index contributed by atoms with van der Waals surface area (Å²) in [5.41, 5.74) is 1.87. The van der Waals surface area contributed by atoms with Crippen molar-refractivity contribution in [1.29, 1.82) is 0 Å². The van der Waals surface area contributed by atoms with Crippen molar-refractivity contribution in [2.45, 2.75) is 37.6 Å². The molecule has 1 aromatic rings. The molecule has 0 N–H and O–H groups in total. The van der Waals surface area contributed by atoms with Gasteiger partial charge in [-0.1, -0.05) is 18.6 Å². The van der Waals surface area contributed by atoms with E-state index in [9.17, 15) is 8.42 Å². The predicted octanol–water partition coefficient (Wildman–Crippen LogP) is 2.91. The van der Waals surface area contributed by atoms with Crippen LogP contribution in [0.1, 0.15) is 30.4 Å². The van der Waals surface area contributed by atoms with Crippen LogP contribution in [0.25, 0.3) is 0 Å². The average molecular weight is 288 g/mol. The lowest BCUT2D eigenvalue weighted by atomic mass is 10.1. The first-order valence-corrected chi connectivity index (χ1v) is 8.54. The second kappa shape index (κ2) is 5.59. The minimum atomic E-state index is -3.62. The zero-order chi connectivity index (χ0) is 13.2. The van der Waals surface area contributed by atoms with Crippen molar-refractivity contribution < 1.29 is 8.42 Å². The van der Waals surface area contributed by atoms with E-state index < -0.39 is 9.05 Å². The summed E-state index contributed by atoms with van der Waals surface area (Å²) < 4.78 is 22.6. The van der Waals surface area contributed by atoms with E-state index in [-0.39, 0.29) is 4.90 Å². The van der Waals surface area contributed by atoms with Crippen LogP contribution in [0.5, 0.6) is 0 Å². The molecule has 100 valence electrons. The zero-order valence-electron chi connectivity index (χ0n) is 10.5. The van der Waals surface area contributed by atoms with Gasteiger partial charge < -0.3 is 0 Å². The van der Waals surface area contributed by atoms with E-state index in [2.05, 4.69) is 4.90 Å². The number of halogens is 1. The Hall–Kier alpha value is -0.580. The van der Waals surface area contributed by atoms with Gasteiger partial charge in [-0.05, 0) is 50.0 Å². The molecule has 2 rings (SSSR count). The second-order valence-corrected chi connectivity index (χ2v) is 7.41. The Kier molecular flexibility index (Phi) is 4.30. The number of likely N-dealkylation sites (tertiary alicyclic amines) is 1. The summed E-state index contributed by atoms with van der Waals surface area (Å²) >= 11 is 0. The van der Waals surface area contributed by atoms with E-state index in [4.69, 9.17) is 10.7 Å². The highest BCUT2D eigenvalue weighted by Gasteiger charge is 2.15. The van der Waals surface area contributed by atoms with E-state index in [1.54, 1.807) is 13.0 Å². The fraction of sp³-hybridized carbons (Fsp3) is 0.538. The maximum Gasteiger partial charge on any atom is 0.261 e. The number of hydrogen-bond acceptors (Lipinski definition) is 3. The fourth-order valence-corrected chi connectivity index (χ4v) is 3.65. The first-order chi connectivity index (χ1) is 8.47. The normalized spacial score (nSPS) is 17.9. The Labute approximate surface area is 113 Å². The molecule has 1 fully saturated rings. The molecule has 1 aromatic carbocycles. The van der Waals surface area contributed by atoms with Crippen LogP contribution < -0.4 is 0 Å². The van der Waals surface area contributed by atoms with Gasteiger partial charge in [0, 0.05) is 17.2 Å². The Morgan fingerprint density at radius 2 is 1.89 bits per heavy atom. The van der Waals surface area contributed by atoms with Crippen molar-refractivity contribution in [3.63, 3.8) is 0 Å². The predicted molar refractivity (Wildman–Crippen MR) is 73.3 cm³/mol. The lowest BCUT2D eigenvalue weighted by Crippen LogP contribution is -2.29. The molecule has 0 atom stereocenters. The van der Waals surface area contributed by atoms with Crippen molar-refractivity contribution in [1.82, 2.24) is 4.90 Å². The molecule has 18 heavy (non-hydrogen) atoms. The fourth-order valence-electron chi connectivity index (χ4n) is 2.46. The van der Waals surface area contributed by atoms with Gasteiger partial charge in [0.25, 0.3) is 9.05 Å². The van der Waals surface area contributed by atoms with E-state index >= 15 is 0 Å². The highest BCUT2D eigenvalue weighted by molar-refractivity contribution is 8.13. The van der Waals surface area contributed by atoms with E-state index in [0.717, 1.165) is 30.8 Å². The molecular formula is C13H18ClNO2S. The molecule has 0 radical (unpaired) electrons. The summed E-state index contributed by atoms with van der Waals surface area (Å²) in [4.78, 5) is 2.62. The molecule has 5 heteroatoms. The lowest BCUT2D eigenvalue weighted by molar-refractivity contribution is 0.221. The van der Waals surface area contributed by atoms with Gasteiger partial charge in [0.15, 0.2) is 0 Å². The number of hydrogen-bond donors (Lipinski definition) is 0. The molecule has 0 spiro atoms. The summed E-state index contributed by atoms with van der Waals surface area (Å²) in [5, 5.41) is 0. The standard InChI is InChI=1S/C13H18ClNO2S/c1-11-9-12(5-6-13(11)18(14,16)17)10-15-7-3-2-4-8-15/h5-6,9H,2-4,7-8,10H2,1H3. The third kappa shape index (κ3) is 3.46. The molecule has 1 heterocycles.